The molecule has 0 unspecified atom stereocenters. The van der Waals surface area contributed by atoms with Crippen molar-refractivity contribution in [2.45, 2.75) is 31.7 Å². The van der Waals surface area contributed by atoms with E-state index in [1.165, 1.54) is 0 Å². The van der Waals surface area contributed by atoms with Gasteiger partial charge in [0.2, 0.25) is 0 Å². The Kier molecular flexibility index (Phi) is 5.52. The smallest absolute Gasteiger partial charge is 0.257 e. The SMILES string of the molecule is O=C(Nc1ccccc1C(=O)NC1CCCC1)c1cc(F)c(F)cc1Cl. The number of carbonyl (C=O) groups is 2. The van der Waals surface area contributed by atoms with E-state index < -0.39 is 17.5 Å². The van der Waals surface area contributed by atoms with Gasteiger partial charge in [0.1, 0.15) is 0 Å². The molecule has 2 amide bonds. The van der Waals surface area contributed by atoms with Crippen molar-refractivity contribution in [1.82, 2.24) is 5.32 Å². The van der Waals surface area contributed by atoms with Crippen molar-refractivity contribution in [2.75, 3.05) is 5.32 Å². The zero-order chi connectivity index (χ0) is 18.7. The van der Waals surface area contributed by atoms with Gasteiger partial charge in [-0.1, -0.05) is 36.6 Å². The van der Waals surface area contributed by atoms with Crippen LogP contribution in [0, 0.1) is 11.6 Å². The summed E-state index contributed by atoms with van der Waals surface area (Å²) in [5.41, 5.74) is 0.358. The molecular formula is C19H17ClF2N2O2. The lowest BCUT2D eigenvalue weighted by molar-refractivity contribution is 0.0938. The first-order valence-electron chi connectivity index (χ1n) is 8.31. The van der Waals surface area contributed by atoms with Crippen molar-refractivity contribution < 1.29 is 18.4 Å². The minimum Gasteiger partial charge on any atom is -0.349 e. The van der Waals surface area contributed by atoms with Crippen LogP contribution in [0.25, 0.3) is 0 Å². The van der Waals surface area contributed by atoms with E-state index in [0.717, 1.165) is 37.8 Å². The first-order valence-corrected chi connectivity index (χ1v) is 8.69. The summed E-state index contributed by atoms with van der Waals surface area (Å²) >= 11 is 5.83. The Bertz CT molecular complexity index is 851. The van der Waals surface area contributed by atoms with E-state index in [9.17, 15) is 18.4 Å². The molecule has 0 atom stereocenters. The molecular weight excluding hydrogens is 362 g/mol. The highest BCUT2D eigenvalue weighted by atomic mass is 35.5. The fourth-order valence-corrected chi connectivity index (χ4v) is 3.25. The highest BCUT2D eigenvalue weighted by molar-refractivity contribution is 6.34. The highest BCUT2D eigenvalue weighted by Crippen LogP contribution is 2.23. The third kappa shape index (κ3) is 4.02. The van der Waals surface area contributed by atoms with E-state index in [1.807, 2.05) is 0 Å². The van der Waals surface area contributed by atoms with E-state index in [2.05, 4.69) is 10.6 Å². The van der Waals surface area contributed by atoms with Gasteiger partial charge in [-0.15, -0.1) is 0 Å². The van der Waals surface area contributed by atoms with Crippen LogP contribution in [0.1, 0.15) is 46.4 Å². The zero-order valence-corrected chi connectivity index (χ0v) is 14.6. The molecule has 26 heavy (non-hydrogen) atoms. The number of para-hydroxylation sites is 1. The number of hydrogen-bond acceptors (Lipinski definition) is 2. The summed E-state index contributed by atoms with van der Waals surface area (Å²) < 4.78 is 26.6. The normalized spacial score (nSPS) is 14.3. The lowest BCUT2D eigenvalue weighted by atomic mass is 10.1. The predicted molar refractivity (Wildman–Crippen MR) is 95.5 cm³/mol. The summed E-state index contributed by atoms with van der Waals surface area (Å²) in [5, 5.41) is 5.28. The third-order valence-electron chi connectivity index (χ3n) is 4.36. The van der Waals surface area contributed by atoms with Crippen LogP contribution >= 0.6 is 11.6 Å². The predicted octanol–water partition coefficient (Wildman–Crippen LogP) is 4.54. The zero-order valence-electron chi connectivity index (χ0n) is 13.8. The summed E-state index contributed by atoms with van der Waals surface area (Å²) in [6, 6.07) is 8.10. The van der Waals surface area contributed by atoms with Gasteiger partial charge in [0.25, 0.3) is 11.8 Å². The van der Waals surface area contributed by atoms with Crippen LogP contribution in [0.3, 0.4) is 0 Å². The van der Waals surface area contributed by atoms with Crippen LogP contribution in [0.4, 0.5) is 14.5 Å². The minimum absolute atomic E-state index is 0.131. The van der Waals surface area contributed by atoms with Gasteiger partial charge in [-0.25, -0.2) is 8.78 Å². The summed E-state index contributed by atoms with van der Waals surface area (Å²) in [6.07, 6.45) is 4.03. The molecule has 3 rings (SSSR count). The van der Waals surface area contributed by atoms with Gasteiger partial charge in [-0.2, -0.15) is 0 Å². The topological polar surface area (TPSA) is 58.2 Å². The van der Waals surface area contributed by atoms with E-state index in [1.54, 1.807) is 24.3 Å². The maximum Gasteiger partial charge on any atom is 0.257 e. The molecule has 1 aliphatic rings. The molecule has 0 bridgehead atoms. The number of halogens is 3. The molecule has 1 saturated carbocycles. The fourth-order valence-electron chi connectivity index (χ4n) is 3.01. The largest absolute Gasteiger partial charge is 0.349 e. The van der Waals surface area contributed by atoms with Crippen LogP contribution in [0.15, 0.2) is 36.4 Å². The molecule has 2 N–H and O–H groups in total. The Morgan fingerprint density at radius 3 is 2.35 bits per heavy atom. The van der Waals surface area contributed by atoms with Gasteiger partial charge in [0.15, 0.2) is 11.6 Å². The van der Waals surface area contributed by atoms with Crippen LogP contribution < -0.4 is 10.6 Å². The molecule has 0 radical (unpaired) electrons. The number of anilines is 1. The summed E-state index contributed by atoms with van der Waals surface area (Å²) in [6.45, 7) is 0. The second kappa shape index (κ2) is 7.83. The molecule has 2 aromatic rings. The van der Waals surface area contributed by atoms with Crippen molar-refractivity contribution in [3.8, 4) is 0 Å². The van der Waals surface area contributed by atoms with Crippen molar-refractivity contribution in [2.24, 2.45) is 0 Å². The Labute approximate surface area is 154 Å². The first kappa shape index (κ1) is 18.3. The Hall–Kier alpha value is -2.47. The quantitative estimate of drug-likeness (QED) is 0.767. The van der Waals surface area contributed by atoms with Crippen LogP contribution in [-0.4, -0.2) is 17.9 Å². The Morgan fingerprint density at radius 2 is 1.62 bits per heavy atom. The van der Waals surface area contributed by atoms with Gasteiger partial charge in [0.05, 0.1) is 21.8 Å². The number of carbonyl (C=O) groups excluding carboxylic acids is 2. The number of benzene rings is 2. The molecule has 136 valence electrons. The molecule has 0 heterocycles. The molecule has 0 spiro atoms. The lowest BCUT2D eigenvalue weighted by Gasteiger charge is -2.15. The maximum absolute atomic E-state index is 13.4. The van der Waals surface area contributed by atoms with Crippen LogP contribution in [0.2, 0.25) is 5.02 Å². The molecule has 2 aromatic carbocycles. The number of hydrogen-bond donors (Lipinski definition) is 2. The van der Waals surface area contributed by atoms with Gasteiger partial charge >= 0.3 is 0 Å². The number of nitrogens with one attached hydrogen (secondary N) is 2. The summed E-state index contributed by atoms with van der Waals surface area (Å²) in [7, 11) is 0. The molecule has 7 heteroatoms. The average Bonchev–Trinajstić information content (AvgIpc) is 3.11. The molecule has 1 fully saturated rings. The lowest BCUT2D eigenvalue weighted by Crippen LogP contribution is -2.33. The van der Waals surface area contributed by atoms with Crippen molar-refractivity contribution >= 4 is 29.1 Å². The molecule has 1 aliphatic carbocycles. The minimum atomic E-state index is -1.17. The second-order valence-corrected chi connectivity index (χ2v) is 6.61. The van der Waals surface area contributed by atoms with E-state index in [0.29, 0.717) is 5.56 Å². The standard InChI is InChI=1S/C19H17ClF2N2O2/c20-14-10-16(22)15(21)9-13(14)19(26)24-17-8-4-3-7-12(17)18(25)23-11-5-1-2-6-11/h3-4,7-11H,1-2,5-6H2,(H,23,25)(H,24,26). The van der Waals surface area contributed by atoms with Crippen molar-refractivity contribution in [3.63, 3.8) is 0 Å². The monoisotopic (exact) mass is 378 g/mol. The first-order chi connectivity index (χ1) is 12.5. The average molecular weight is 379 g/mol. The van der Waals surface area contributed by atoms with Gasteiger partial charge in [-0.05, 0) is 37.1 Å². The Morgan fingerprint density at radius 1 is 0.962 bits per heavy atom. The fraction of sp³-hybridized carbons (Fsp3) is 0.263. The summed E-state index contributed by atoms with van der Waals surface area (Å²) in [5.74, 6) is -3.33. The second-order valence-electron chi connectivity index (χ2n) is 6.20. The molecule has 0 aliphatic heterocycles. The van der Waals surface area contributed by atoms with Crippen molar-refractivity contribution in [3.05, 3.63) is 64.2 Å². The van der Waals surface area contributed by atoms with E-state index in [4.69, 9.17) is 11.6 Å². The Balaban J connectivity index is 1.80. The molecule has 4 nitrogen and oxygen atoms in total. The van der Waals surface area contributed by atoms with Crippen LogP contribution in [-0.2, 0) is 0 Å². The van der Waals surface area contributed by atoms with Crippen molar-refractivity contribution in [1.29, 1.82) is 0 Å². The maximum atomic E-state index is 13.4. The van der Waals surface area contributed by atoms with E-state index in [-0.39, 0.29) is 28.2 Å². The highest BCUT2D eigenvalue weighted by Gasteiger charge is 2.21. The van der Waals surface area contributed by atoms with Crippen LogP contribution in [0.5, 0.6) is 0 Å². The number of amides is 2. The van der Waals surface area contributed by atoms with Gasteiger partial charge in [0, 0.05) is 6.04 Å². The van der Waals surface area contributed by atoms with Gasteiger partial charge in [-0.3, -0.25) is 9.59 Å². The van der Waals surface area contributed by atoms with Gasteiger partial charge < -0.3 is 10.6 Å². The number of rotatable bonds is 4. The van der Waals surface area contributed by atoms with E-state index >= 15 is 0 Å². The molecule has 0 aromatic heterocycles. The molecule has 0 saturated heterocycles. The summed E-state index contributed by atoms with van der Waals surface area (Å²) in [4.78, 5) is 24.9. The third-order valence-corrected chi connectivity index (χ3v) is 4.68.